The van der Waals surface area contributed by atoms with E-state index in [9.17, 15) is 0 Å². The number of hydrogen-bond acceptors (Lipinski definition) is 2. The van der Waals surface area contributed by atoms with E-state index in [0.717, 1.165) is 12.5 Å². The van der Waals surface area contributed by atoms with Crippen LogP contribution in [0, 0.1) is 5.92 Å². The quantitative estimate of drug-likeness (QED) is 0.796. The Bertz CT molecular complexity index is 260. The molecule has 1 spiro atoms. The van der Waals surface area contributed by atoms with E-state index in [4.69, 9.17) is 4.74 Å². The van der Waals surface area contributed by atoms with Crippen LogP contribution in [0.4, 0.5) is 0 Å². The second-order valence-electron chi connectivity index (χ2n) is 6.50. The lowest BCUT2D eigenvalue weighted by Crippen LogP contribution is -2.59. The van der Waals surface area contributed by atoms with Crippen LogP contribution in [0.2, 0.25) is 0 Å². The van der Waals surface area contributed by atoms with Crippen LogP contribution in [0.15, 0.2) is 0 Å². The fourth-order valence-corrected chi connectivity index (χ4v) is 4.25. The molecule has 3 atom stereocenters. The summed E-state index contributed by atoms with van der Waals surface area (Å²) in [6.45, 7) is 3.43. The molecule has 1 N–H and O–H groups in total. The molecule has 3 rings (SSSR count). The van der Waals surface area contributed by atoms with Crippen LogP contribution in [-0.2, 0) is 4.74 Å². The lowest BCUT2D eigenvalue weighted by atomic mass is 9.79. The predicted molar refractivity (Wildman–Crippen MR) is 70.1 cm³/mol. The number of hydrogen-bond donors (Lipinski definition) is 1. The summed E-state index contributed by atoms with van der Waals surface area (Å²) in [6, 6.07) is 0.659. The van der Waals surface area contributed by atoms with Gasteiger partial charge in [0.05, 0.1) is 11.7 Å². The van der Waals surface area contributed by atoms with Gasteiger partial charge < -0.3 is 10.1 Å². The first-order valence-electron chi connectivity index (χ1n) is 7.72. The molecule has 0 amide bonds. The van der Waals surface area contributed by atoms with Crippen molar-refractivity contribution in [3.8, 4) is 0 Å². The summed E-state index contributed by atoms with van der Waals surface area (Å²) >= 11 is 0. The zero-order chi connectivity index (χ0) is 11.7. The SMILES string of the molecule is CCCC1CCC2OC3(CCCC3)CNC2C1. The predicted octanol–water partition coefficient (Wildman–Crippen LogP) is 3.26. The molecule has 1 saturated heterocycles. The first kappa shape index (κ1) is 12.0. The van der Waals surface area contributed by atoms with Gasteiger partial charge in [0.25, 0.3) is 0 Å². The standard InChI is InChI=1S/C15H27NO/c1-2-5-12-6-7-14-13(10-12)16-11-15(17-14)8-3-4-9-15/h12-14,16H,2-11H2,1H3. The Morgan fingerprint density at radius 1 is 1.24 bits per heavy atom. The molecule has 2 nitrogen and oxygen atoms in total. The van der Waals surface area contributed by atoms with Crippen molar-refractivity contribution in [2.75, 3.05) is 6.54 Å². The summed E-state index contributed by atoms with van der Waals surface area (Å²) in [5.74, 6) is 0.954. The van der Waals surface area contributed by atoms with E-state index in [2.05, 4.69) is 12.2 Å². The van der Waals surface area contributed by atoms with Gasteiger partial charge in [0, 0.05) is 12.6 Å². The fourth-order valence-electron chi connectivity index (χ4n) is 4.25. The largest absolute Gasteiger partial charge is 0.369 e. The van der Waals surface area contributed by atoms with E-state index in [1.165, 1.54) is 57.8 Å². The van der Waals surface area contributed by atoms with Crippen LogP contribution in [0.1, 0.15) is 64.7 Å². The van der Waals surface area contributed by atoms with Crippen molar-refractivity contribution in [2.45, 2.75) is 82.5 Å². The average Bonchev–Trinajstić information content (AvgIpc) is 2.78. The van der Waals surface area contributed by atoms with Crippen molar-refractivity contribution >= 4 is 0 Å². The highest BCUT2D eigenvalue weighted by molar-refractivity contribution is 4.98. The van der Waals surface area contributed by atoms with Crippen molar-refractivity contribution < 1.29 is 4.74 Å². The van der Waals surface area contributed by atoms with Crippen LogP contribution in [0.5, 0.6) is 0 Å². The van der Waals surface area contributed by atoms with Gasteiger partial charge in [0.1, 0.15) is 0 Å². The summed E-state index contributed by atoms with van der Waals surface area (Å²) in [5.41, 5.74) is 0.235. The molecule has 0 aromatic carbocycles. The van der Waals surface area contributed by atoms with E-state index < -0.39 is 0 Å². The first-order valence-corrected chi connectivity index (χ1v) is 7.72. The van der Waals surface area contributed by atoms with Gasteiger partial charge >= 0.3 is 0 Å². The van der Waals surface area contributed by atoms with Crippen LogP contribution in [0.25, 0.3) is 0 Å². The Balaban J connectivity index is 1.59. The molecule has 2 saturated carbocycles. The molecule has 1 heterocycles. The monoisotopic (exact) mass is 237 g/mol. The van der Waals surface area contributed by atoms with Crippen molar-refractivity contribution in [3.05, 3.63) is 0 Å². The second kappa shape index (κ2) is 4.89. The van der Waals surface area contributed by atoms with E-state index in [-0.39, 0.29) is 5.60 Å². The lowest BCUT2D eigenvalue weighted by Gasteiger charge is -2.47. The van der Waals surface area contributed by atoms with Crippen LogP contribution < -0.4 is 5.32 Å². The molecule has 3 aliphatic rings. The summed E-state index contributed by atoms with van der Waals surface area (Å²) in [5, 5.41) is 3.82. The maximum absolute atomic E-state index is 6.50. The molecule has 0 radical (unpaired) electrons. The number of nitrogens with one attached hydrogen (secondary N) is 1. The van der Waals surface area contributed by atoms with Gasteiger partial charge in [-0.1, -0.05) is 32.6 Å². The Labute approximate surface area is 105 Å². The molecule has 1 aliphatic heterocycles. The first-order chi connectivity index (χ1) is 8.31. The summed E-state index contributed by atoms with van der Waals surface area (Å²) in [6.07, 6.45) is 12.7. The minimum Gasteiger partial charge on any atom is -0.369 e. The molecular formula is C15H27NO. The highest BCUT2D eigenvalue weighted by atomic mass is 16.5. The van der Waals surface area contributed by atoms with Gasteiger partial charge in [-0.3, -0.25) is 0 Å². The molecule has 17 heavy (non-hydrogen) atoms. The fraction of sp³-hybridized carbons (Fsp3) is 1.00. The molecular weight excluding hydrogens is 210 g/mol. The highest BCUT2D eigenvalue weighted by Crippen LogP contribution is 2.40. The third-order valence-electron chi connectivity index (χ3n) is 5.19. The van der Waals surface area contributed by atoms with Crippen molar-refractivity contribution in [2.24, 2.45) is 5.92 Å². The summed E-state index contributed by atoms with van der Waals surface area (Å²) < 4.78 is 6.50. The maximum Gasteiger partial charge on any atom is 0.0810 e. The van der Waals surface area contributed by atoms with Gasteiger partial charge in [-0.2, -0.15) is 0 Å². The Hall–Kier alpha value is -0.0800. The number of rotatable bonds is 2. The number of ether oxygens (including phenoxy) is 1. The van der Waals surface area contributed by atoms with Crippen LogP contribution in [0.3, 0.4) is 0 Å². The Kier molecular flexibility index (Phi) is 3.45. The normalized spacial score (nSPS) is 40.4. The minimum absolute atomic E-state index is 0.235. The molecule has 0 aromatic rings. The molecule has 98 valence electrons. The summed E-state index contributed by atoms with van der Waals surface area (Å²) in [7, 11) is 0. The minimum atomic E-state index is 0.235. The molecule has 2 aliphatic carbocycles. The third-order valence-corrected chi connectivity index (χ3v) is 5.19. The molecule has 2 heteroatoms. The van der Waals surface area contributed by atoms with E-state index in [1.54, 1.807) is 0 Å². The lowest BCUT2D eigenvalue weighted by molar-refractivity contribution is -0.146. The van der Waals surface area contributed by atoms with Crippen molar-refractivity contribution in [1.29, 1.82) is 0 Å². The number of morpholine rings is 1. The molecule has 0 bridgehead atoms. The van der Waals surface area contributed by atoms with Crippen LogP contribution in [-0.4, -0.2) is 24.3 Å². The van der Waals surface area contributed by atoms with Crippen molar-refractivity contribution in [3.63, 3.8) is 0 Å². The molecule has 3 fully saturated rings. The molecule has 0 aromatic heterocycles. The Morgan fingerprint density at radius 3 is 2.82 bits per heavy atom. The average molecular weight is 237 g/mol. The van der Waals surface area contributed by atoms with Gasteiger partial charge in [-0.15, -0.1) is 0 Å². The summed E-state index contributed by atoms with van der Waals surface area (Å²) in [4.78, 5) is 0. The third kappa shape index (κ3) is 2.39. The van der Waals surface area contributed by atoms with E-state index >= 15 is 0 Å². The van der Waals surface area contributed by atoms with Crippen LogP contribution >= 0.6 is 0 Å². The second-order valence-corrected chi connectivity index (χ2v) is 6.50. The maximum atomic E-state index is 6.50. The van der Waals surface area contributed by atoms with Gasteiger partial charge in [-0.25, -0.2) is 0 Å². The van der Waals surface area contributed by atoms with Gasteiger partial charge in [-0.05, 0) is 38.0 Å². The van der Waals surface area contributed by atoms with E-state index in [1.807, 2.05) is 0 Å². The van der Waals surface area contributed by atoms with E-state index in [0.29, 0.717) is 12.1 Å². The van der Waals surface area contributed by atoms with Crippen molar-refractivity contribution in [1.82, 2.24) is 5.32 Å². The van der Waals surface area contributed by atoms with Gasteiger partial charge in [0.15, 0.2) is 0 Å². The zero-order valence-corrected chi connectivity index (χ0v) is 11.2. The number of fused-ring (bicyclic) bond motifs is 1. The Morgan fingerprint density at radius 2 is 2.06 bits per heavy atom. The zero-order valence-electron chi connectivity index (χ0n) is 11.2. The highest BCUT2D eigenvalue weighted by Gasteiger charge is 2.44. The topological polar surface area (TPSA) is 21.3 Å². The van der Waals surface area contributed by atoms with Gasteiger partial charge in [0.2, 0.25) is 0 Å². The molecule has 3 unspecified atom stereocenters. The smallest absolute Gasteiger partial charge is 0.0810 e.